The predicted octanol–water partition coefficient (Wildman–Crippen LogP) is 3.12. The van der Waals surface area contributed by atoms with Gasteiger partial charge >= 0.3 is 12.1 Å². The zero-order valence-corrected chi connectivity index (χ0v) is 14.2. The van der Waals surface area contributed by atoms with E-state index < -0.39 is 12.1 Å². The smallest absolute Gasteiger partial charge is 0.475 e. The molecule has 3 N–H and O–H groups in total. The van der Waals surface area contributed by atoms with Crippen molar-refractivity contribution in [3.63, 3.8) is 0 Å². The lowest BCUT2D eigenvalue weighted by atomic mass is 9.71. The Bertz CT molecular complexity index is 385. The highest BCUT2D eigenvalue weighted by Gasteiger charge is 2.38. The van der Waals surface area contributed by atoms with Crippen LogP contribution in [0.2, 0.25) is 0 Å². The van der Waals surface area contributed by atoms with Crippen LogP contribution < -0.4 is 5.73 Å². The summed E-state index contributed by atoms with van der Waals surface area (Å²) < 4.78 is 31.7. The fourth-order valence-electron chi connectivity index (χ4n) is 3.13. The van der Waals surface area contributed by atoms with Crippen LogP contribution in [0.1, 0.15) is 46.5 Å². The number of nitrogens with two attached hydrogens (primary N) is 1. The zero-order valence-electron chi connectivity index (χ0n) is 14.2. The van der Waals surface area contributed by atoms with Gasteiger partial charge in [0.15, 0.2) is 0 Å². The van der Waals surface area contributed by atoms with Gasteiger partial charge in [-0.15, -0.1) is 0 Å². The normalized spacial score (nSPS) is 27.8. The minimum Gasteiger partial charge on any atom is -0.475 e. The maximum absolute atomic E-state index is 10.6. The van der Waals surface area contributed by atoms with Gasteiger partial charge in [0.05, 0.1) is 0 Å². The van der Waals surface area contributed by atoms with Gasteiger partial charge in [-0.25, -0.2) is 4.79 Å². The summed E-state index contributed by atoms with van der Waals surface area (Å²) in [5.41, 5.74) is 6.43. The van der Waals surface area contributed by atoms with E-state index in [2.05, 4.69) is 25.7 Å². The third-order valence-electron chi connectivity index (χ3n) is 5.42. The standard InChI is InChI=1S/C14H28N2.C2HF3O2/c1-11(2)14(3)4-6-16(7-5-14)10-12-8-13(15)9-12;3-2(4,5)1(6)7/h11-13H,4-10,15H2,1-3H3;(H,6,7). The molecule has 23 heavy (non-hydrogen) atoms. The molecule has 0 aromatic carbocycles. The lowest BCUT2D eigenvalue weighted by Gasteiger charge is -2.44. The minimum atomic E-state index is -5.08. The molecular weight excluding hydrogens is 309 g/mol. The number of nitrogens with zero attached hydrogens (tertiary/aromatic N) is 1. The van der Waals surface area contributed by atoms with Crippen molar-refractivity contribution in [2.45, 2.75) is 58.7 Å². The first-order chi connectivity index (χ1) is 10.4. The second-order valence-corrected chi connectivity index (χ2v) is 7.51. The van der Waals surface area contributed by atoms with Gasteiger partial charge in [-0.1, -0.05) is 20.8 Å². The van der Waals surface area contributed by atoms with Crippen LogP contribution >= 0.6 is 0 Å². The third kappa shape index (κ3) is 6.30. The van der Waals surface area contributed by atoms with Gasteiger partial charge < -0.3 is 15.7 Å². The van der Waals surface area contributed by atoms with E-state index in [1.807, 2.05) is 0 Å². The second-order valence-electron chi connectivity index (χ2n) is 7.51. The van der Waals surface area contributed by atoms with Gasteiger partial charge in [-0.05, 0) is 56.0 Å². The summed E-state index contributed by atoms with van der Waals surface area (Å²) in [5.74, 6) is -1.03. The molecule has 1 aliphatic heterocycles. The molecule has 136 valence electrons. The van der Waals surface area contributed by atoms with E-state index in [1.54, 1.807) is 0 Å². The topological polar surface area (TPSA) is 66.6 Å². The Balaban J connectivity index is 0.000000322. The van der Waals surface area contributed by atoms with Crippen molar-refractivity contribution in [2.75, 3.05) is 19.6 Å². The number of alkyl halides is 3. The Labute approximate surface area is 136 Å². The highest BCUT2D eigenvalue weighted by molar-refractivity contribution is 5.73. The molecule has 1 heterocycles. The van der Waals surface area contributed by atoms with Crippen molar-refractivity contribution in [2.24, 2.45) is 23.0 Å². The number of hydrogen-bond acceptors (Lipinski definition) is 3. The van der Waals surface area contributed by atoms with Crippen LogP contribution in [-0.2, 0) is 4.79 Å². The van der Waals surface area contributed by atoms with E-state index in [1.165, 1.54) is 45.3 Å². The van der Waals surface area contributed by atoms with Crippen molar-refractivity contribution >= 4 is 5.97 Å². The van der Waals surface area contributed by atoms with Gasteiger partial charge in [0.25, 0.3) is 0 Å². The van der Waals surface area contributed by atoms with Crippen molar-refractivity contribution in [3.8, 4) is 0 Å². The Morgan fingerprint density at radius 3 is 2.04 bits per heavy atom. The fourth-order valence-corrected chi connectivity index (χ4v) is 3.13. The van der Waals surface area contributed by atoms with Crippen molar-refractivity contribution < 1.29 is 23.1 Å². The molecule has 2 aliphatic rings. The number of hydrogen-bond donors (Lipinski definition) is 2. The second kappa shape index (κ2) is 7.83. The summed E-state index contributed by atoms with van der Waals surface area (Å²) >= 11 is 0. The predicted molar refractivity (Wildman–Crippen MR) is 83.0 cm³/mol. The fraction of sp³-hybridized carbons (Fsp3) is 0.938. The van der Waals surface area contributed by atoms with E-state index in [4.69, 9.17) is 15.6 Å². The summed E-state index contributed by atoms with van der Waals surface area (Å²) in [6, 6.07) is 0.510. The molecule has 0 amide bonds. The van der Waals surface area contributed by atoms with Crippen LogP contribution in [0.3, 0.4) is 0 Å². The van der Waals surface area contributed by atoms with E-state index in [-0.39, 0.29) is 0 Å². The Morgan fingerprint density at radius 2 is 1.74 bits per heavy atom. The van der Waals surface area contributed by atoms with Crippen LogP contribution in [0.5, 0.6) is 0 Å². The number of carbonyl (C=O) groups is 1. The van der Waals surface area contributed by atoms with Crippen LogP contribution in [0.25, 0.3) is 0 Å². The Hall–Kier alpha value is -0.820. The highest BCUT2D eigenvalue weighted by Crippen LogP contribution is 2.38. The number of aliphatic carboxylic acids is 1. The largest absolute Gasteiger partial charge is 0.490 e. The molecule has 0 bridgehead atoms. The van der Waals surface area contributed by atoms with Gasteiger partial charge in [-0.3, -0.25) is 0 Å². The third-order valence-corrected chi connectivity index (χ3v) is 5.42. The number of piperidine rings is 1. The summed E-state index contributed by atoms with van der Waals surface area (Å²) in [5, 5.41) is 7.12. The number of rotatable bonds is 3. The highest BCUT2D eigenvalue weighted by atomic mass is 19.4. The first kappa shape index (κ1) is 20.2. The van der Waals surface area contributed by atoms with E-state index in [0.29, 0.717) is 11.5 Å². The van der Waals surface area contributed by atoms with E-state index >= 15 is 0 Å². The average molecular weight is 338 g/mol. The molecule has 0 aromatic heterocycles. The number of carboxylic acids is 1. The number of halogens is 3. The van der Waals surface area contributed by atoms with Crippen molar-refractivity contribution in [1.29, 1.82) is 0 Å². The molecule has 2 fully saturated rings. The Morgan fingerprint density at radius 1 is 1.30 bits per heavy atom. The monoisotopic (exact) mass is 338 g/mol. The average Bonchev–Trinajstić information content (AvgIpc) is 2.39. The van der Waals surface area contributed by atoms with Gasteiger partial charge in [0.1, 0.15) is 0 Å². The van der Waals surface area contributed by atoms with Crippen LogP contribution in [-0.4, -0.2) is 47.8 Å². The molecule has 0 spiro atoms. The molecule has 0 unspecified atom stereocenters. The molecular formula is C16H29F3N2O2. The maximum atomic E-state index is 10.6. The Kier molecular flexibility index (Phi) is 6.89. The van der Waals surface area contributed by atoms with Gasteiger partial charge in [0, 0.05) is 12.6 Å². The molecule has 1 saturated carbocycles. The molecule has 0 aromatic rings. The lowest BCUT2D eigenvalue weighted by Crippen LogP contribution is -2.47. The lowest BCUT2D eigenvalue weighted by molar-refractivity contribution is -0.192. The van der Waals surface area contributed by atoms with Crippen molar-refractivity contribution in [1.82, 2.24) is 4.90 Å². The molecule has 0 radical (unpaired) electrons. The van der Waals surface area contributed by atoms with Crippen LogP contribution in [0.4, 0.5) is 13.2 Å². The number of carboxylic acid groups (broad SMARTS) is 1. The SMILES string of the molecule is CC(C)C1(C)CCN(CC2CC(N)C2)CC1.O=C(O)C(F)(F)F. The maximum Gasteiger partial charge on any atom is 0.490 e. The number of likely N-dealkylation sites (tertiary alicyclic amines) is 1. The first-order valence-corrected chi connectivity index (χ1v) is 8.22. The van der Waals surface area contributed by atoms with Gasteiger partial charge in [-0.2, -0.15) is 13.2 Å². The quantitative estimate of drug-likeness (QED) is 0.830. The summed E-state index contributed by atoms with van der Waals surface area (Å²) in [6.07, 6.45) is 0.197. The molecule has 7 heteroatoms. The summed E-state index contributed by atoms with van der Waals surface area (Å²) in [6.45, 7) is 11.1. The first-order valence-electron chi connectivity index (χ1n) is 8.22. The molecule has 4 nitrogen and oxygen atoms in total. The summed E-state index contributed by atoms with van der Waals surface area (Å²) in [4.78, 5) is 11.6. The van der Waals surface area contributed by atoms with Crippen molar-refractivity contribution in [3.05, 3.63) is 0 Å². The summed E-state index contributed by atoms with van der Waals surface area (Å²) in [7, 11) is 0. The van der Waals surface area contributed by atoms with Gasteiger partial charge in [0.2, 0.25) is 0 Å². The van der Waals surface area contributed by atoms with E-state index in [0.717, 1.165) is 11.8 Å². The minimum absolute atomic E-state index is 0.510. The van der Waals surface area contributed by atoms with E-state index in [9.17, 15) is 13.2 Å². The molecule has 1 aliphatic carbocycles. The molecule has 0 atom stereocenters. The molecule has 1 saturated heterocycles. The van der Waals surface area contributed by atoms with Crippen LogP contribution in [0, 0.1) is 17.3 Å². The zero-order chi connectivity index (χ0) is 17.8. The van der Waals surface area contributed by atoms with Crippen LogP contribution in [0.15, 0.2) is 0 Å². The molecule has 2 rings (SSSR count).